The fraction of sp³-hybridized carbons (Fsp3) is 0.310. The highest BCUT2D eigenvalue weighted by Crippen LogP contribution is 2.25. The van der Waals surface area contributed by atoms with E-state index in [0.717, 1.165) is 28.4 Å². The van der Waals surface area contributed by atoms with Gasteiger partial charge in [0.15, 0.2) is 6.61 Å². The van der Waals surface area contributed by atoms with E-state index in [2.05, 4.69) is 28.2 Å². The fourth-order valence-electron chi connectivity index (χ4n) is 3.83. The monoisotopic (exact) mass is 604 g/mol. The van der Waals surface area contributed by atoms with Gasteiger partial charge in [0.25, 0.3) is 5.91 Å². The lowest BCUT2D eigenvalue weighted by atomic mass is 10.0. The number of ether oxygens (including phenoxy) is 1. The molecule has 196 valence electrons. The molecule has 0 aliphatic carbocycles. The zero-order valence-corrected chi connectivity index (χ0v) is 24.1. The van der Waals surface area contributed by atoms with Crippen LogP contribution in [0.1, 0.15) is 36.5 Å². The Morgan fingerprint density at radius 2 is 1.81 bits per heavy atom. The van der Waals surface area contributed by atoms with Crippen molar-refractivity contribution in [1.29, 1.82) is 0 Å². The van der Waals surface area contributed by atoms with E-state index >= 15 is 0 Å². The highest BCUT2D eigenvalue weighted by molar-refractivity contribution is 9.10. The molecular formula is C29H31BrCl2N2O3. The van der Waals surface area contributed by atoms with Crippen molar-refractivity contribution in [3.8, 4) is 5.75 Å². The van der Waals surface area contributed by atoms with Gasteiger partial charge in [0.05, 0.1) is 0 Å². The average molecular weight is 606 g/mol. The summed E-state index contributed by atoms with van der Waals surface area (Å²) in [6, 6.07) is 19.6. The third kappa shape index (κ3) is 8.77. The molecule has 0 saturated heterocycles. The Hall–Kier alpha value is -2.54. The van der Waals surface area contributed by atoms with Crippen LogP contribution in [0.25, 0.3) is 0 Å². The van der Waals surface area contributed by atoms with E-state index in [-0.39, 0.29) is 25.0 Å². The molecule has 0 aliphatic rings. The molecule has 0 bridgehead atoms. The van der Waals surface area contributed by atoms with Gasteiger partial charge in [-0.15, -0.1) is 0 Å². The summed E-state index contributed by atoms with van der Waals surface area (Å²) in [5.74, 6) is 0.0407. The Kier molecular flexibility index (Phi) is 11.3. The molecular weight excluding hydrogens is 575 g/mol. The van der Waals surface area contributed by atoms with Gasteiger partial charge in [0.2, 0.25) is 5.91 Å². The number of carbonyl (C=O) groups excluding carboxylic acids is 2. The van der Waals surface area contributed by atoms with Gasteiger partial charge in [0.1, 0.15) is 11.8 Å². The summed E-state index contributed by atoms with van der Waals surface area (Å²) in [4.78, 5) is 28.7. The number of nitrogens with one attached hydrogen (secondary N) is 1. The molecule has 0 unspecified atom stereocenters. The molecule has 0 heterocycles. The van der Waals surface area contributed by atoms with Crippen molar-refractivity contribution in [2.24, 2.45) is 0 Å². The molecule has 0 aliphatic heterocycles. The third-order valence-corrected chi connectivity index (χ3v) is 7.42. The molecule has 3 aromatic rings. The maximum atomic E-state index is 13.7. The maximum Gasteiger partial charge on any atom is 0.261 e. The first-order valence-electron chi connectivity index (χ1n) is 12.2. The van der Waals surface area contributed by atoms with Crippen molar-refractivity contribution < 1.29 is 14.3 Å². The van der Waals surface area contributed by atoms with E-state index in [0.29, 0.717) is 34.3 Å². The molecule has 1 N–H and O–H groups in total. The Balaban J connectivity index is 1.92. The number of carbonyl (C=O) groups is 2. The molecule has 1 atom stereocenters. The predicted molar refractivity (Wildman–Crippen MR) is 153 cm³/mol. The van der Waals surface area contributed by atoms with E-state index in [9.17, 15) is 9.59 Å². The second kappa shape index (κ2) is 14.4. The van der Waals surface area contributed by atoms with E-state index in [1.807, 2.05) is 49.4 Å². The number of benzene rings is 3. The van der Waals surface area contributed by atoms with Crippen LogP contribution in [0.4, 0.5) is 0 Å². The largest absolute Gasteiger partial charge is 0.484 e. The summed E-state index contributed by atoms with van der Waals surface area (Å²) in [7, 11) is 0. The maximum absolute atomic E-state index is 13.7. The van der Waals surface area contributed by atoms with Gasteiger partial charge in [-0.25, -0.2) is 0 Å². The molecule has 0 radical (unpaired) electrons. The van der Waals surface area contributed by atoms with E-state index < -0.39 is 6.04 Å². The lowest BCUT2D eigenvalue weighted by Gasteiger charge is -2.31. The second-order valence-electron chi connectivity index (χ2n) is 8.81. The minimum absolute atomic E-state index is 0.135. The van der Waals surface area contributed by atoms with E-state index in [1.165, 1.54) is 0 Å². The number of unbranched alkanes of at least 4 members (excludes halogenated alkanes) is 1. The van der Waals surface area contributed by atoms with Gasteiger partial charge < -0.3 is 15.0 Å². The summed E-state index contributed by atoms with van der Waals surface area (Å²) in [6.07, 6.45) is 2.16. The van der Waals surface area contributed by atoms with Crippen molar-refractivity contribution in [2.45, 2.75) is 45.7 Å². The Bertz CT molecular complexity index is 1210. The number of halogens is 3. The quantitative estimate of drug-likeness (QED) is 0.226. The first kappa shape index (κ1) is 29.0. The summed E-state index contributed by atoms with van der Waals surface area (Å²) >= 11 is 16.0. The van der Waals surface area contributed by atoms with Gasteiger partial charge in [-0.3, -0.25) is 9.59 Å². The zero-order chi connectivity index (χ0) is 26.8. The number of rotatable bonds is 12. The molecule has 8 heteroatoms. The molecule has 3 rings (SSSR count). The summed E-state index contributed by atoms with van der Waals surface area (Å²) < 4.78 is 6.81. The van der Waals surface area contributed by atoms with Gasteiger partial charge in [0, 0.05) is 34.0 Å². The van der Waals surface area contributed by atoms with Crippen molar-refractivity contribution in [2.75, 3.05) is 13.2 Å². The Morgan fingerprint density at radius 1 is 1.05 bits per heavy atom. The molecule has 37 heavy (non-hydrogen) atoms. The van der Waals surface area contributed by atoms with Crippen LogP contribution < -0.4 is 10.1 Å². The highest BCUT2D eigenvalue weighted by atomic mass is 79.9. The Morgan fingerprint density at radius 3 is 2.49 bits per heavy atom. The summed E-state index contributed by atoms with van der Waals surface area (Å²) in [5.41, 5.74) is 2.63. The molecule has 0 saturated carbocycles. The zero-order valence-electron chi connectivity index (χ0n) is 21.0. The smallest absolute Gasteiger partial charge is 0.261 e. The standard InChI is InChI=1S/C29H31BrCl2N2O3/c1-3-4-14-33-29(36)27(16-21-8-6-5-7-9-21)34(18-22-10-11-23(31)17-26(22)32)28(35)19-37-24-12-13-25(30)20(2)15-24/h5-13,15,17,27H,3-4,14,16,18-19H2,1-2H3,(H,33,36)/t27-/m1/s1. The van der Waals surface area contributed by atoms with Crippen LogP contribution >= 0.6 is 39.1 Å². The van der Waals surface area contributed by atoms with Crippen LogP contribution in [-0.2, 0) is 22.6 Å². The molecule has 5 nitrogen and oxygen atoms in total. The lowest BCUT2D eigenvalue weighted by Crippen LogP contribution is -2.51. The number of hydrogen-bond acceptors (Lipinski definition) is 3. The first-order chi connectivity index (χ1) is 17.8. The summed E-state index contributed by atoms with van der Waals surface area (Å²) in [5, 5.41) is 3.93. The third-order valence-electron chi connectivity index (χ3n) is 5.95. The highest BCUT2D eigenvalue weighted by Gasteiger charge is 2.31. The van der Waals surface area contributed by atoms with Gasteiger partial charge >= 0.3 is 0 Å². The van der Waals surface area contributed by atoms with Crippen LogP contribution in [0.5, 0.6) is 5.75 Å². The first-order valence-corrected chi connectivity index (χ1v) is 13.8. The number of hydrogen-bond donors (Lipinski definition) is 1. The lowest BCUT2D eigenvalue weighted by molar-refractivity contribution is -0.142. The fourth-order valence-corrected chi connectivity index (χ4v) is 4.54. The SMILES string of the molecule is CCCCNC(=O)[C@@H](Cc1ccccc1)N(Cc1ccc(Cl)cc1Cl)C(=O)COc1ccc(Br)c(C)c1. The molecule has 3 aromatic carbocycles. The summed E-state index contributed by atoms with van der Waals surface area (Å²) in [6.45, 7) is 4.46. The molecule has 0 spiro atoms. The van der Waals surface area contributed by atoms with Crippen LogP contribution in [0.2, 0.25) is 10.0 Å². The normalized spacial score (nSPS) is 11.6. The molecule has 0 aromatic heterocycles. The predicted octanol–water partition coefficient (Wildman–Crippen LogP) is 7.00. The average Bonchev–Trinajstić information content (AvgIpc) is 2.88. The number of nitrogens with zero attached hydrogens (tertiary/aromatic N) is 1. The van der Waals surface area contributed by atoms with E-state index in [1.54, 1.807) is 29.2 Å². The van der Waals surface area contributed by atoms with Crippen molar-refractivity contribution in [3.05, 3.63) is 97.9 Å². The number of amides is 2. The van der Waals surface area contributed by atoms with E-state index in [4.69, 9.17) is 27.9 Å². The van der Waals surface area contributed by atoms with Crippen LogP contribution in [0, 0.1) is 6.92 Å². The van der Waals surface area contributed by atoms with Crippen LogP contribution in [0.3, 0.4) is 0 Å². The van der Waals surface area contributed by atoms with Crippen molar-refractivity contribution in [1.82, 2.24) is 10.2 Å². The van der Waals surface area contributed by atoms with Gasteiger partial charge in [-0.2, -0.15) is 0 Å². The molecule has 0 fully saturated rings. The molecule has 2 amide bonds. The van der Waals surface area contributed by atoms with Crippen molar-refractivity contribution in [3.63, 3.8) is 0 Å². The minimum atomic E-state index is -0.756. The second-order valence-corrected chi connectivity index (χ2v) is 10.5. The van der Waals surface area contributed by atoms with Gasteiger partial charge in [-0.1, -0.05) is 88.9 Å². The topological polar surface area (TPSA) is 58.6 Å². The van der Waals surface area contributed by atoms with Crippen molar-refractivity contribution >= 4 is 50.9 Å². The van der Waals surface area contributed by atoms with Crippen LogP contribution in [0.15, 0.2) is 71.2 Å². The van der Waals surface area contributed by atoms with Gasteiger partial charge in [-0.05, 0) is 60.4 Å². The number of aryl methyl sites for hydroxylation is 1. The Labute approximate surface area is 237 Å². The minimum Gasteiger partial charge on any atom is -0.484 e. The van der Waals surface area contributed by atoms with Crippen LogP contribution in [-0.4, -0.2) is 35.9 Å².